The van der Waals surface area contributed by atoms with Crippen LogP contribution in [0.25, 0.3) is 0 Å². The number of aromatic nitrogens is 1. The van der Waals surface area contributed by atoms with Crippen molar-refractivity contribution in [1.29, 1.82) is 0 Å². The molecule has 0 aliphatic rings. The number of methoxy groups -OCH3 is 1. The first kappa shape index (κ1) is 18.3. The van der Waals surface area contributed by atoms with Crippen molar-refractivity contribution in [3.8, 4) is 0 Å². The van der Waals surface area contributed by atoms with E-state index in [1.807, 2.05) is 6.92 Å². The van der Waals surface area contributed by atoms with Crippen molar-refractivity contribution in [2.75, 3.05) is 7.11 Å². The van der Waals surface area contributed by atoms with Crippen molar-refractivity contribution in [1.82, 2.24) is 4.57 Å². The van der Waals surface area contributed by atoms with Crippen LogP contribution >= 0.6 is 34.8 Å². The lowest BCUT2D eigenvalue weighted by atomic mass is 10.1. The number of carbonyl (C=O) groups excluding carboxylic acids is 2. The van der Waals surface area contributed by atoms with Crippen LogP contribution in [0.1, 0.15) is 60.0 Å². The van der Waals surface area contributed by atoms with Crippen molar-refractivity contribution < 1.29 is 14.3 Å². The number of rotatable bonds is 6. The van der Waals surface area contributed by atoms with Crippen LogP contribution in [0.5, 0.6) is 0 Å². The Balaban J connectivity index is 3.31. The summed E-state index contributed by atoms with van der Waals surface area (Å²) < 4.78 is 4.44. The van der Waals surface area contributed by atoms with Gasteiger partial charge in [-0.05, 0) is 18.9 Å². The van der Waals surface area contributed by atoms with Crippen molar-refractivity contribution in [2.24, 2.45) is 0 Å². The zero-order valence-corrected chi connectivity index (χ0v) is 14.4. The quantitative estimate of drug-likeness (QED) is 0.427. The number of Topliss-reactive ketones (excluding diaryl/α,β-unsaturated/α-hetero) is 1. The largest absolute Gasteiger partial charge is 0.464 e. The lowest BCUT2D eigenvalue weighted by Gasteiger charge is -2.18. The highest BCUT2D eigenvalue weighted by Gasteiger charge is 2.34. The van der Waals surface area contributed by atoms with Crippen LogP contribution in [0.3, 0.4) is 0 Å². The lowest BCUT2D eigenvalue weighted by molar-refractivity contribution is 0.0585. The molecule has 1 rings (SSSR count). The molecule has 118 valence electrons. The minimum absolute atomic E-state index is 0.0843. The summed E-state index contributed by atoms with van der Waals surface area (Å²) in [5.74, 6) is -1.18. The fraction of sp³-hybridized carbons (Fsp3) is 0.571. The van der Waals surface area contributed by atoms with Gasteiger partial charge in [0.25, 0.3) is 3.79 Å². The maximum Gasteiger partial charge on any atom is 0.354 e. The van der Waals surface area contributed by atoms with Gasteiger partial charge in [0.15, 0.2) is 0 Å². The Morgan fingerprint density at radius 1 is 1.33 bits per heavy atom. The van der Waals surface area contributed by atoms with Gasteiger partial charge in [0.2, 0.25) is 5.78 Å². The third-order valence-electron chi connectivity index (χ3n) is 3.25. The fourth-order valence-electron chi connectivity index (χ4n) is 2.21. The normalized spacial score (nSPS) is 13.0. The van der Waals surface area contributed by atoms with Gasteiger partial charge in [-0.2, -0.15) is 0 Å². The molecule has 0 fully saturated rings. The average Bonchev–Trinajstić information content (AvgIpc) is 2.86. The summed E-state index contributed by atoms with van der Waals surface area (Å²) in [6, 6.07) is 1.50. The van der Waals surface area contributed by atoms with Gasteiger partial charge in [0, 0.05) is 17.8 Å². The predicted molar refractivity (Wildman–Crippen MR) is 84.6 cm³/mol. The standard InChI is InChI=1S/C14H18Cl3NO3/c1-4-6-10(5-2)18-8-9(12(19)14(15,16)17)7-11(18)13(20)21-3/h7-8,10H,4-6H2,1-3H3. The highest BCUT2D eigenvalue weighted by Crippen LogP contribution is 2.32. The van der Waals surface area contributed by atoms with E-state index in [1.54, 1.807) is 10.8 Å². The second-order valence-electron chi connectivity index (χ2n) is 4.69. The molecule has 0 spiro atoms. The minimum Gasteiger partial charge on any atom is -0.464 e. The summed E-state index contributed by atoms with van der Waals surface area (Å²) in [5, 5.41) is 0. The average molecular weight is 355 g/mol. The van der Waals surface area contributed by atoms with Crippen LogP contribution < -0.4 is 0 Å². The topological polar surface area (TPSA) is 48.3 Å². The summed E-state index contributed by atoms with van der Waals surface area (Å²) in [6.45, 7) is 4.06. The third kappa shape index (κ3) is 4.38. The number of ether oxygens (including phenoxy) is 1. The highest BCUT2D eigenvalue weighted by molar-refractivity contribution is 6.77. The SMILES string of the molecule is CCCC(CC)n1cc(C(=O)C(Cl)(Cl)Cl)cc1C(=O)OC. The van der Waals surface area contributed by atoms with E-state index in [-0.39, 0.29) is 17.3 Å². The molecular formula is C14H18Cl3NO3. The van der Waals surface area contributed by atoms with Gasteiger partial charge in [0.1, 0.15) is 5.69 Å². The first-order chi connectivity index (χ1) is 9.76. The van der Waals surface area contributed by atoms with Gasteiger partial charge >= 0.3 is 5.97 Å². The van der Waals surface area contributed by atoms with E-state index in [1.165, 1.54) is 13.2 Å². The van der Waals surface area contributed by atoms with E-state index in [0.29, 0.717) is 0 Å². The van der Waals surface area contributed by atoms with E-state index in [4.69, 9.17) is 39.5 Å². The van der Waals surface area contributed by atoms with Crippen LogP contribution in [-0.4, -0.2) is 27.2 Å². The molecule has 1 heterocycles. The van der Waals surface area contributed by atoms with E-state index < -0.39 is 15.5 Å². The Labute approximate surface area is 139 Å². The second kappa shape index (κ2) is 7.52. The molecule has 0 aromatic carbocycles. The molecule has 0 saturated heterocycles. The van der Waals surface area contributed by atoms with E-state index in [0.717, 1.165) is 19.3 Å². The molecule has 0 aliphatic heterocycles. The van der Waals surface area contributed by atoms with E-state index in [9.17, 15) is 9.59 Å². The number of carbonyl (C=O) groups is 2. The number of esters is 1. The van der Waals surface area contributed by atoms with Crippen LogP contribution in [0.2, 0.25) is 0 Å². The smallest absolute Gasteiger partial charge is 0.354 e. The third-order valence-corrected chi connectivity index (χ3v) is 3.76. The number of hydrogen-bond acceptors (Lipinski definition) is 3. The van der Waals surface area contributed by atoms with E-state index in [2.05, 4.69) is 6.92 Å². The Hall–Kier alpha value is -0.710. The molecule has 1 unspecified atom stereocenters. The van der Waals surface area contributed by atoms with Crippen molar-refractivity contribution in [2.45, 2.75) is 42.9 Å². The first-order valence-corrected chi connectivity index (χ1v) is 7.81. The zero-order chi connectivity index (χ0) is 16.2. The summed E-state index contributed by atoms with van der Waals surface area (Å²) in [5.41, 5.74) is 0.473. The number of hydrogen-bond donors (Lipinski definition) is 0. The number of nitrogens with zero attached hydrogens (tertiary/aromatic N) is 1. The molecule has 0 radical (unpaired) electrons. The molecule has 1 aromatic rings. The van der Waals surface area contributed by atoms with E-state index >= 15 is 0 Å². The van der Waals surface area contributed by atoms with Gasteiger partial charge in [-0.15, -0.1) is 0 Å². The first-order valence-electron chi connectivity index (χ1n) is 6.67. The van der Waals surface area contributed by atoms with Crippen molar-refractivity contribution in [3.63, 3.8) is 0 Å². The van der Waals surface area contributed by atoms with Gasteiger partial charge in [0.05, 0.1) is 7.11 Å². The van der Waals surface area contributed by atoms with Gasteiger partial charge in [-0.25, -0.2) is 4.79 Å². The lowest BCUT2D eigenvalue weighted by Crippen LogP contribution is -2.18. The summed E-state index contributed by atoms with van der Waals surface area (Å²) in [7, 11) is 1.29. The van der Waals surface area contributed by atoms with Gasteiger partial charge < -0.3 is 9.30 Å². The molecule has 0 N–H and O–H groups in total. The van der Waals surface area contributed by atoms with Gasteiger partial charge in [-0.3, -0.25) is 4.79 Å². The van der Waals surface area contributed by atoms with Crippen molar-refractivity contribution >= 4 is 46.6 Å². The summed E-state index contributed by atoms with van der Waals surface area (Å²) in [4.78, 5) is 23.9. The molecule has 0 bridgehead atoms. The predicted octanol–water partition coefficient (Wildman–Crippen LogP) is 4.58. The van der Waals surface area contributed by atoms with Gasteiger partial charge in [-0.1, -0.05) is 55.1 Å². The highest BCUT2D eigenvalue weighted by atomic mass is 35.6. The van der Waals surface area contributed by atoms with Crippen LogP contribution in [0, 0.1) is 0 Å². The molecule has 4 nitrogen and oxygen atoms in total. The Kier molecular flexibility index (Phi) is 6.57. The second-order valence-corrected chi connectivity index (χ2v) is 6.97. The summed E-state index contributed by atoms with van der Waals surface area (Å²) >= 11 is 16.9. The molecule has 1 atom stereocenters. The molecule has 0 saturated carbocycles. The minimum atomic E-state index is -2.05. The zero-order valence-electron chi connectivity index (χ0n) is 12.2. The molecule has 0 amide bonds. The number of halogens is 3. The van der Waals surface area contributed by atoms with Crippen LogP contribution in [-0.2, 0) is 4.74 Å². The monoisotopic (exact) mass is 353 g/mol. The summed E-state index contributed by atoms with van der Waals surface area (Å²) in [6.07, 6.45) is 4.19. The maximum absolute atomic E-state index is 12.1. The molecule has 7 heteroatoms. The molecule has 21 heavy (non-hydrogen) atoms. The molecule has 0 aliphatic carbocycles. The number of alkyl halides is 3. The molecule has 1 aromatic heterocycles. The Morgan fingerprint density at radius 3 is 2.38 bits per heavy atom. The Morgan fingerprint density at radius 2 is 1.95 bits per heavy atom. The molecular weight excluding hydrogens is 337 g/mol. The van der Waals surface area contributed by atoms with Crippen molar-refractivity contribution in [3.05, 3.63) is 23.5 Å². The maximum atomic E-state index is 12.1. The van der Waals surface area contributed by atoms with Crippen LogP contribution in [0.15, 0.2) is 12.3 Å². The fourth-order valence-corrected chi connectivity index (χ4v) is 2.54. The number of ketones is 1. The van der Waals surface area contributed by atoms with Crippen LogP contribution in [0.4, 0.5) is 0 Å². The Bertz CT molecular complexity index is 520.